The highest BCUT2D eigenvalue weighted by atomic mass is 16.5. The van der Waals surface area contributed by atoms with Gasteiger partial charge >= 0.3 is 0 Å². The lowest BCUT2D eigenvalue weighted by Gasteiger charge is -2.08. The van der Waals surface area contributed by atoms with Crippen LogP contribution in [0.5, 0.6) is 0 Å². The van der Waals surface area contributed by atoms with Crippen LogP contribution in [0.4, 0.5) is 0 Å². The quantitative estimate of drug-likeness (QED) is 0.837. The molecular formula is C12H15N3O2. The SMILES string of the molecule is Cc1cccc(-c2noc([C@@H](N)[C@@H](C)O)n2)c1. The first-order chi connectivity index (χ1) is 8.08. The van der Waals surface area contributed by atoms with Gasteiger partial charge in [0.25, 0.3) is 0 Å². The zero-order chi connectivity index (χ0) is 12.4. The van der Waals surface area contributed by atoms with Crippen molar-refractivity contribution >= 4 is 0 Å². The first-order valence-electron chi connectivity index (χ1n) is 5.42. The number of nitrogens with zero attached hydrogens (tertiary/aromatic N) is 2. The second-order valence-electron chi connectivity index (χ2n) is 4.09. The van der Waals surface area contributed by atoms with Gasteiger partial charge in [-0.2, -0.15) is 4.98 Å². The van der Waals surface area contributed by atoms with Gasteiger partial charge in [-0.15, -0.1) is 0 Å². The normalized spacial score (nSPS) is 14.6. The monoisotopic (exact) mass is 233 g/mol. The van der Waals surface area contributed by atoms with Crippen molar-refractivity contribution in [2.24, 2.45) is 5.73 Å². The van der Waals surface area contributed by atoms with E-state index in [4.69, 9.17) is 10.3 Å². The highest BCUT2D eigenvalue weighted by molar-refractivity contribution is 5.55. The number of hydrogen-bond acceptors (Lipinski definition) is 5. The minimum absolute atomic E-state index is 0.247. The van der Waals surface area contributed by atoms with Crippen LogP contribution in [-0.4, -0.2) is 21.4 Å². The van der Waals surface area contributed by atoms with Crippen LogP contribution in [0.15, 0.2) is 28.8 Å². The minimum Gasteiger partial charge on any atom is -0.391 e. The largest absolute Gasteiger partial charge is 0.391 e. The van der Waals surface area contributed by atoms with Gasteiger partial charge in [-0.25, -0.2) is 0 Å². The summed E-state index contributed by atoms with van der Waals surface area (Å²) in [5.41, 5.74) is 7.70. The average Bonchev–Trinajstić information content (AvgIpc) is 2.77. The summed E-state index contributed by atoms with van der Waals surface area (Å²) >= 11 is 0. The molecule has 5 heteroatoms. The summed E-state index contributed by atoms with van der Waals surface area (Å²) in [6, 6.07) is 7.13. The molecule has 3 N–H and O–H groups in total. The number of aryl methyl sites for hydroxylation is 1. The van der Waals surface area contributed by atoms with Crippen LogP contribution < -0.4 is 5.73 Å². The number of rotatable bonds is 3. The van der Waals surface area contributed by atoms with Gasteiger partial charge in [0, 0.05) is 5.56 Å². The number of aliphatic hydroxyl groups is 1. The first-order valence-corrected chi connectivity index (χ1v) is 5.42. The second-order valence-corrected chi connectivity index (χ2v) is 4.09. The van der Waals surface area contributed by atoms with Gasteiger partial charge in [-0.05, 0) is 19.9 Å². The number of aromatic nitrogens is 2. The van der Waals surface area contributed by atoms with E-state index in [0.29, 0.717) is 5.82 Å². The van der Waals surface area contributed by atoms with Crippen molar-refractivity contribution in [3.05, 3.63) is 35.7 Å². The van der Waals surface area contributed by atoms with Crippen molar-refractivity contribution in [2.75, 3.05) is 0 Å². The molecule has 2 aromatic rings. The van der Waals surface area contributed by atoms with Crippen molar-refractivity contribution in [1.82, 2.24) is 10.1 Å². The Morgan fingerprint density at radius 3 is 2.82 bits per heavy atom. The maximum Gasteiger partial charge on any atom is 0.246 e. The van der Waals surface area contributed by atoms with Gasteiger partial charge in [-0.1, -0.05) is 28.9 Å². The van der Waals surface area contributed by atoms with Gasteiger partial charge in [0.1, 0.15) is 6.04 Å². The second kappa shape index (κ2) is 4.65. The van der Waals surface area contributed by atoms with E-state index in [1.165, 1.54) is 0 Å². The Morgan fingerprint density at radius 1 is 1.41 bits per heavy atom. The topological polar surface area (TPSA) is 85.2 Å². The summed E-state index contributed by atoms with van der Waals surface area (Å²) < 4.78 is 5.04. The van der Waals surface area contributed by atoms with E-state index in [2.05, 4.69) is 10.1 Å². The molecular weight excluding hydrogens is 218 g/mol. The number of nitrogens with two attached hydrogens (primary N) is 1. The van der Waals surface area contributed by atoms with Crippen molar-refractivity contribution in [3.63, 3.8) is 0 Å². The molecule has 0 aliphatic carbocycles. The Hall–Kier alpha value is -1.72. The van der Waals surface area contributed by atoms with Gasteiger partial charge in [0.05, 0.1) is 6.10 Å². The van der Waals surface area contributed by atoms with Gasteiger partial charge in [0.2, 0.25) is 11.7 Å². The molecule has 17 heavy (non-hydrogen) atoms. The third-order valence-electron chi connectivity index (χ3n) is 2.52. The molecule has 0 bridgehead atoms. The maximum absolute atomic E-state index is 9.35. The molecule has 0 fully saturated rings. The molecule has 2 atom stereocenters. The summed E-state index contributed by atoms with van der Waals surface area (Å²) in [6.45, 7) is 3.58. The van der Waals surface area contributed by atoms with E-state index in [-0.39, 0.29) is 5.89 Å². The van der Waals surface area contributed by atoms with Crippen molar-refractivity contribution < 1.29 is 9.63 Å². The first kappa shape index (κ1) is 11.8. The summed E-state index contributed by atoms with van der Waals surface area (Å²) in [5.74, 6) is 0.733. The number of benzene rings is 1. The molecule has 1 heterocycles. The molecule has 0 aliphatic heterocycles. The van der Waals surface area contributed by atoms with Crippen LogP contribution in [0.1, 0.15) is 24.4 Å². The Kier molecular flexibility index (Phi) is 3.21. The van der Waals surface area contributed by atoms with Crippen LogP contribution in [0.25, 0.3) is 11.4 Å². The van der Waals surface area contributed by atoms with E-state index in [9.17, 15) is 5.11 Å². The fourth-order valence-electron chi connectivity index (χ4n) is 1.48. The molecule has 1 aromatic heterocycles. The van der Waals surface area contributed by atoms with Crippen LogP contribution >= 0.6 is 0 Å². The third-order valence-corrected chi connectivity index (χ3v) is 2.52. The molecule has 0 amide bonds. The molecule has 1 aromatic carbocycles. The molecule has 0 aliphatic rings. The fourth-order valence-corrected chi connectivity index (χ4v) is 1.48. The van der Waals surface area contributed by atoms with Crippen molar-refractivity contribution in [2.45, 2.75) is 26.0 Å². The van der Waals surface area contributed by atoms with Gasteiger partial charge < -0.3 is 15.4 Å². The van der Waals surface area contributed by atoms with E-state index in [1.807, 2.05) is 31.2 Å². The fraction of sp³-hybridized carbons (Fsp3) is 0.333. The Labute approximate surface area is 99.3 Å². The lowest BCUT2D eigenvalue weighted by molar-refractivity contribution is 0.146. The molecule has 0 saturated heterocycles. The zero-order valence-corrected chi connectivity index (χ0v) is 9.79. The zero-order valence-electron chi connectivity index (χ0n) is 9.79. The Balaban J connectivity index is 2.30. The maximum atomic E-state index is 9.35. The summed E-state index contributed by atoms with van der Waals surface area (Å²) in [5, 5.41) is 13.2. The Bertz CT molecular complexity index is 508. The molecule has 0 radical (unpaired) electrons. The molecule has 0 saturated carbocycles. The average molecular weight is 233 g/mol. The van der Waals surface area contributed by atoms with Gasteiger partial charge in [-0.3, -0.25) is 0 Å². The summed E-state index contributed by atoms with van der Waals surface area (Å²) in [4.78, 5) is 4.18. The van der Waals surface area contributed by atoms with Crippen molar-refractivity contribution in [3.8, 4) is 11.4 Å². The summed E-state index contributed by atoms with van der Waals surface area (Å²) in [7, 11) is 0. The van der Waals surface area contributed by atoms with E-state index >= 15 is 0 Å². The summed E-state index contributed by atoms with van der Waals surface area (Å²) in [6.07, 6.45) is -0.721. The standard InChI is InChI=1S/C12H15N3O2/c1-7-4-3-5-9(6-7)11-14-12(17-15-11)10(13)8(2)16/h3-6,8,10,16H,13H2,1-2H3/t8-,10+/m1/s1. The lowest BCUT2D eigenvalue weighted by Crippen LogP contribution is -2.23. The Morgan fingerprint density at radius 2 is 2.18 bits per heavy atom. The third kappa shape index (κ3) is 2.51. The van der Waals surface area contributed by atoms with Crippen LogP contribution in [0.3, 0.4) is 0 Å². The van der Waals surface area contributed by atoms with Crippen LogP contribution in [0, 0.1) is 6.92 Å². The predicted molar refractivity (Wildman–Crippen MR) is 63.1 cm³/mol. The van der Waals surface area contributed by atoms with Crippen LogP contribution in [0.2, 0.25) is 0 Å². The number of hydrogen-bond donors (Lipinski definition) is 2. The molecule has 5 nitrogen and oxygen atoms in total. The molecule has 90 valence electrons. The van der Waals surface area contributed by atoms with Crippen LogP contribution in [-0.2, 0) is 0 Å². The predicted octanol–water partition coefficient (Wildman–Crippen LogP) is 1.43. The van der Waals surface area contributed by atoms with E-state index < -0.39 is 12.1 Å². The molecule has 0 spiro atoms. The highest BCUT2D eigenvalue weighted by Gasteiger charge is 2.19. The minimum atomic E-state index is -0.721. The highest BCUT2D eigenvalue weighted by Crippen LogP contribution is 2.19. The van der Waals surface area contributed by atoms with Crippen molar-refractivity contribution in [1.29, 1.82) is 0 Å². The smallest absolute Gasteiger partial charge is 0.246 e. The van der Waals surface area contributed by atoms with Gasteiger partial charge in [0.15, 0.2) is 0 Å². The molecule has 0 unspecified atom stereocenters. The lowest BCUT2D eigenvalue weighted by atomic mass is 10.1. The molecule has 2 rings (SSSR count). The number of aliphatic hydroxyl groups excluding tert-OH is 1. The van der Waals surface area contributed by atoms with E-state index in [0.717, 1.165) is 11.1 Å². The van der Waals surface area contributed by atoms with E-state index in [1.54, 1.807) is 6.92 Å².